The van der Waals surface area contributed by atoms with Crippen molar-refractivity contribution in [2.45, 2.75) is 12.8 Å². The van der Waals surface area contributed by atoms with Gasteiger partial charge in [0, 0.05) is 18.1 Å². The molecule has 0 fully saturated rings. The minimum absolute atomic E-state index is 0.00723. The van der Waals surface area contributed by atoms with Gasteiger partial charge in [-0.3, -0.25) is 14.9 Å². The van der Waals surface area contributed by atoms with E-state index in [2.05, 4.69) is 0 Å². The lowest BCUT2D eigenvalue weighted by atomic mass is 10.1. The second-order valence-electron chi connectivity index (χ2n) is 4.57. The molecule has 0 heterocycles. The van der Waals surface area contributed by atoms with Crippen LogP contribution in [0.15, 0.2) is 42.5 Å². The van der Waals surface area contributed by atoms with E-state index < -0.39 is 4.92 Å². The van der Waals surface area contributed by atoms with Gasteiger partial charge in [0.05, 0.1) is 4.92 Å². The lowest BCUT2D eigenvalue weighted by Gasteiger charge is -2.08. The Hall–Kier alpha value is -2.69. The van der Waals surface area contributed by atoms with Crippen LogP contribution in [0.25, 0.3) is 0 Å². The molecule has 1 aliphatic rings. The number of carbonyl (C=O) groups excluding carboxylic acids is 1. The SMILES string of the molecule is O=C1CCc2cc([N+](=O)[O-])c(Oc3ccccc3)cc21. The molecule has 0 N–H and O–H groups in total. The number of benzene rings is 2. The van der Waals surface area contributed by atoms with Gasteiger partial charge < -0.3 is 4.74 Å². The Morgan fingerprint density at radius 3 is 2.55 bits per heavy atom. The second kappa shape index (κ2) is 4.77. The standard InChI is InChI=1S/C15H11NO4/c17-14-7-6-10-8-13(16(18)19)15(9-12(10)14)20-11-4-2-1-3-5-11/h1-5,8-9H,6-7H2. The molecule has 100 valence electrons. The van der Waals surface area contributed by atoms with Crippen LogP contribution >= 0.6 is 0 Å². The monoisotopic (exact) mass is 269 g/mol. The highest BCUT2D eigenvalue weighted by Crippen LogP contribution is 2.37. The van der Waals surface area contributed by atoms with Gasteiger partial charge in [0.1, 0.15) is 5.75 Å². The van der Waals surface area contributed by atoms with E-state index in [1.807, 2.05) is 6.07 Å². The van der Waals surface area contributed by atoms with E-state index >= 15 is 0 Å². The molecule has 0 saturated carbocycles. The van der Waals surface area contributed by atoms with Crippen LogP contribution in [0.3, 0.4) is 0 Å². The Kier molecular flexibility index (Phi) is 2.95. The second-order valence-corrected chi connectivity index (χ2v) is 4.57. The lowest BCUT2D eigenvalue weighted by molar-refractivity contribution is -0.385. The number of rotatable bonds is 3. The van der Waals surface area contributed by atoms with Crippen molar-refractivity contribution in [3.8, 4) is 11.5 Å². The Bertz CT molecular complexity index is 695. The Morgan fingerprint density at radius 2 is 1.85 bits per heavy atom. The highest BCUT2D eigenvalue weighted by atomic mass is 16.6. The van der Waals surface area contributed by atoms with Crippen molar-refractivity contribution in [3.05, 3.63) is 63.7 Å². The maximum atomic E-state index is 11.7. The summed E-state index contributed by atoms with van der Waals surface area (Å²) in [5, 5.41) is 11.1. The number of Topliss-reactive ketones (excluding diaryl/α,β-unsaturated/α-hetero) is 1. The first kappa shape index (κ1) is 12.3. The number of ether oxygens (including phenoxy) is 1. The minimum Gasteiger partial charge on any atom is -0.450 e. The summed E-state index contributed by atoms with van der Waals surface area (Å²) in [6, 6.07) is 11.7. The summed E-state index contributed by atoms with van der Waals surface area (Å²) in [5.74, 6) is 0.615. The summed E-state index contributed by atoms with van der Waals surface area (Å²) in [4.78, 5) is 22.4. The first-order valence-corrected chi connectivity index (χ1v) is 6.22. The molecule has 0 atom stereocenters. The van der Waals surface area contributed by atoms with Crippen LogP contribution in [0.1, 0.15) is 22.3 Å². The highest BCUT2D eigenvalue weighted by Gasteiger charge is 2.26. The van der Waals surface area contributed by atoms with Crippen LogP contribution < -0.4 is 4.74 Å². The van der Waals surface area contributed by atoms with E-state index in [-0.39, 0.29) is 17.2 Å². The predicted molar refractivity (Wildman–Crippen MR) is 72.3 cm³/mol. The molecule has 20 heavy (non-hydrogen) atoms. The van der Waals surface area contributed by atoms with Crippen LogP contribution in [-0.2, 0) is 6.42 Å². The van der Waals surface area contributed by atoms with E-state index in [9.17, 15) is 14.9 Å². The summed E-state index contributed by atoms with van der Waals surface area (Å²) < 4.78 is 5.55. The van der Waals surface area contributed by atoms with Gasteiger partial charge in [0.15, 0.2) is 5.78 Å². The van der Waals surface area contributed by atoms with Gasteiger partial charge in [0.2, 0.25) is 5.75 Å². The van der Waals surface area contributed by atoms with Crippen molar-refractivity contribution in [1.82, 2.24) is 0 Å². The van der Waals surface area contributed by atoms with Crippen LogP contribution in [0.2, 0.25) is 0 Å². The molecule has 2 aromatic carbocycles. The van der Waals surface area contributed by atoms with Crippen LogP contribution in [0.5, 0.6) is 11.5 Å². The Morgan fingerprint density at radius 1 is 1.10 bits per heavy atom. The van der Waals surface area contributed by atoms with E-state index in [0.29, 0.717) is 24.2 Å². The average Bonchev–Trinajstić information content (AvgIpc) is 2.80. The highest BCUT2D eigenvalue weighted by molar-refractivity contribution is 6.01. The van der Waals surface area contributed by atoms with Crippen molar-refractivity contribution in [2.75, 3.05) is 0 Å². The topological polar surface area (TPSA) is 69.4 Å². The summed E-state index contributed by atoms with van der Waals surface area (Å²) >= 11 is 0. The first-order valence-electron chi connectivity index (χ1n) is 6.22. The van der Waals surface area contributed by atoms with Crippen molar-refractivity contribution in [3.63, 3.8) is 0 Å². The molecular weight excluding hydrogens is 258 g/mol. The number of fused-ring (bicyclic) bond motifs is 1. The molecule has 1 aliphatic carbocycles. The maximum Gasteiger partial charge on any atom is 0.311 e. The molecule has 0 radical (unpaired) electrons. The van der Waals surface area contributed by atoms with Crippen LogP contribution in [-0.4, -0.2) is 10.7 Å². The van der Waals surface area contributed by atoms with E-state index in [1.165, 1.54) is 12.1 Å². The number of hydrogen-bond acceptors (Lipinski definition) is 4. The van der Waals surface area contributed by atoms with E-state index in [0.717, 1.165) is 5.56 Å². The maximum absolute atomic E-state index is 11.7. The van der Waals surface area contributed by atoms with Gasteiger partial charge >= 0.3 is 5.69 Å². The average molecular weight is 269 g/mol. The van der Waals surface area contributed by atoms with Crippen molar-refractivity contribution < 1.29 is 14.5 Å². The third kappa shape index (κ3) is 2.14. The number of nitro benzene ring substituents is 1. The molecule has 5 nitrogen and oxygen atoms in total. The molecule has 0 saturated heterocycles. The van der Waals surface area contributed by atoms with E-state index in [4.69, 9.17) is 4.74 Å². The van der Waals surface area contributed by atoms with E-state index in [1.54, 1.807) is 24.3 Å². The molecule has 0 bridgehead atoms. The van der Waals surface area contributed by atoms with Crippen LogP contribution in [0, 0.1) is 10.1 Å². The normalized spacial score (nSPS) is 13.1. The third-order valence-electron chi connectivity index (χ3n) is 3.27. The Balaban J connectivity index is 2.07. The van der Waals surface area contributed by atoms with Crippen molar-refractivity contribution >= 4 is 11.5 Å². The van der Waals surface area contributed by atoms with Crippen molar-refractivity contribution in [1.29, 1.82) is 0 Å². The molecule has 2 aromatic rings. The van der Waals surface area contributed by atoms with Crippen molar-refractivity contribution in [2.24, 2.45) is 0 Å². The minimum atomic E-state index is -0.485. The summed E-state index contributed by atoms with van der Waals surface area (Å²) in [5.41, 5.74) is 1.14. The fourth-order valence-electron chi connectivity index (χ4n) is 2.30. The zero-order valence-electron chi connectivity index (χ0n) is 10.5. The molecule has 0 amide bonds. The Labute approximate surface area is 115 Å². The number of ketones is 1. The van der Waals surface area contributed by atoms with Gasteiger partial charge in [-0.2, -0.15) is 0 Å². The summed E-state index contributed by atoms with van der Waals surface area (Å²) in [6.07, 6.45) is 0.960. The summed E-state index contributed by atoms with van der Waals surface area (Å²) in [7, 11) is 0. The number of nitrogens with zero attached hydrogens (tertiary/aromatic N) is 1. The molecule has 0 aromatic heterocycles. The lowest BCUT2D eigenvalue weighted by Crippen LogP contribution is -1.98. The number of hydrogen-bond donors (Lipinski definition) is 0. The molecule has 3 rings (SSSR count). The predicted octanol–water partition coefficient (Wildman–Crippen LogP) is 3.52. The molecule has 0 aliphatic heterocycles. The smallest absolute Gasteiger partial charge is 0.311 e. The largest absolute Gasteiger partial charge is 0.450 e. The summed E-state index contributed by atoms with van der Waals surface area (Å²) in [6.45, 7) is 0. The fourth-order valence-corrected chi connectivity index (χ4v) is 2.30. The molecule has 0 unspecified atom stereocenters. The number of carbonyl (C=O) groups is 1. The van der Waals surface area contributed by atoms with Gasteiger partial charge in [-0.1, -0.05) is 18.2 Å². The molecular formula is C15H11NO4. The zero-order chi connectivity index (χ0) is 14.1. The molecule has 5 heteroatoms. The first-order chi connectivity index (χ1) is 9.65. The van der Waals surface area contributed by atoms with Gasteiger partial charge in [-0.25, -0.2) is 0 Å². The number of nitro groups is 1. The molecule has 0 spiro atoms. The number of para-hydroxylation sites is 1. The third-order valence-corrected chi connectivity index (χ3v) is 3.27. The fraction of sp³-hybridized carbons (Fsp3) is 0.133. The quantitative estimate of drug-likeness (QED) is 0.631. The zero-order valence-corrected chi connectivity index (χ0v) is 10.5. The van der Waals surface area contributed by atoms with Crippen LogP contribution in [0.4, 0.5) is 5.69 Å². The van der Waals surface area contributed by atoms with Gasteiger partial charge in [-0.15, -0.1) is 0 Å². The van der Waals surface area contributed by atoms with Gasteiger partial charge in [-0.05, 0) is 30.2 Å². The van der Waals surface area contributed by atoms with Gasteiger partial charge in [0.25, 0.3) is 0 Å². The number of aryl methyl sites for hydroxylation is 1.